The second-order valence-corrected chi connectivity index (χ2v) is 7.54. The lowest BCUT2D eigenvalue weighted by molar-refractivity contribution is -0.314. The number of aromatic nitrogens is 2. The van der Waals surface area contributed by atoms with E-state index in [1.807, 2.05) is 0 Å². The van der Waals surface area contributed by atoms with Crippen LogP contribution in [-0.2, 0) is 22.4 Å². The number of aliphatic carboxylic acids is 2. The molecule has 0 fully saturated rings. The maximum absolute atomic E-state index is 12.3. The van der Waals surface area contributed by atoms with E-state index in [1.165, 1.54) is 11.3 Å². The van der Waals surface area contributed by atoms with E-state index in [9.17, 15) is 24.6 Å². The highest BCUT2D eigenvalue weighted by Crippen LogP contribution is 2.34. The highest BCUT2D eigenvalue weighted by Gasteiger charge is 2.21. The molecule has 0 amide bonds. The Labute approximate surface area is 138 Å². The molecule has 0 bridgehead atoms. The molecule has 0 spiro atoms. The predicted molar refractivity (Wildman–Crippen MR) is 81.2 cm³/mol. The Hall–Kier alpha value is -1.87. The average molecular weight is 352 g/mol. The van der Waals surface area contributed by atoms with E-state index in [2.05, 4.69) is 9.97 Å². The van der Waals surface area contributed by atoms with Crippen LogP contribution >= 0.6 is 23.1 Å². The van der Waals surface area contributed by atoms with Gasteiger partial charge in [-0.15, -0.1) is 11.3 Å². The topological polar surface area (TPSA) is 126 Å². The summed E-state index contributed by atoms with van der Waals surface area (Å²) < 4.78 is 0. The number of aryl methyl sites for hydroxylation is 2. The molecule has 1 atom stereocenters. The second-order valence-electron chi connectivity index (χ2n) is 5.26. The Morgan fingerprint density at radius 2 is 2.04 bits per heavy atom. The number of hydrogen-bond donors (Lipinski definition) is 1. The predicted octanol–water partition coefficient (Wildman–Crippen LogP) is -0.786. The third-order valence-corrected chi connectivity index (χ3v) is 5.92. The molecule has 0 saturated heterocycles. The van der Waals surface area contributed by atoms with Gasteiger partial charge in [0.05, 0.1) is 16.6 Å². The van der Waals surface area contributed by atoms with Crippen LogP contribution in [0.25, 0.3) is 10.2 Å². The van der Waals surface area contributed by atoms with E-state index >= 15 is 0 Å². The van der Waals surface area contributed by atoms with Crippen molar-refractivity contribution < 1.29 is 19.8 Å². The molecule has 2 aromatic heterocycles. The normalized spacial score (nSPS) is 15.3. The van der Waals surface area contributed by atoms with Gasteiger partial charge in [0.25, 0.3) is 5.56 Å². The van der Waals surface area contributed by atoms with Crippen molar-refractivity contribution in [1.29, 1.82) is 0 Å². The lowest BCUT2D eigenvalue weighted by Crippen LogP contribution is -2.38. The van der Waals surface area contributed by atoms with Crippen molar-refractivity contribution in [2.24, 2.45) is 0 Å². The van der Waals surface area contributed by atoms with Crippen LogP contribution < -0.4 is 15.8 Å². The van der Waals surface area contributed by atoms with Crippen LogP contribution in [0.3, 0.4) is 0 Å². The maximum atomic E-state index is 12.3. The molecule has 23 heavy (non-hydrogen) atoms. The zero-order chi connectivity index (χ0) is 16.6. The fourth-order valence-corrected chi connectivity index (χ4v) is 4.86. The summed E-state index contributed by atoms with van der Waals surface area (Å²) in [7, 11) is 0. The molecule has 1 aliphatic carbocycles. The standard InChI is InChI=1S/C14H14N2O5S2/c17-9(18)5-8(13(20)21)23-14-15-11(19)10-6-3-1-2-4-7(6)22-12(10)16-14/h8H,1-5H2,(H,17,18)(H,20,21)(H,15,16,19)/p-2/t8-/m0/s1. The first-order valence-electron chi connectivity index (χ1n) is 7.07. The van der Waals surface area contributed by atoms with Gasteiger partial charge in [0, 0.05) is 17.3 Å². The van der Waals surface area contributed by atoms with E-state index in [0.29, 0.717) is 22.0 Å². The molecule has 1 aliphatic rings. The minimum absolute atomic E-state index is 0.0801. The highest BCUT2D eigenvalue weighted by atomic mass is 32.2. The van der Waals surface area contributed by atoms with Gasteiger partial charge in [0.1, 0.15) is 4.83 Å². The third-order valence-electron chi connectivity index (χ3n) is 3.67. The number of carboxylic acid groups (broad SMARTS) is 2. The number of rotatable bonds is 5. The van der Waals surface area contributed by atoms with Crippen molar-refractivity contribution in [1.82, 2.24) is 9.97 Å². The Balaban J connectivity index is 1.98. The number of H-pyrrole nitrogens is 1. The van der Waals surface area contributed by atoms with Crippen molar-refractivity contribution in [3.8, 4) is 0 Å². The number of nitrogens with one attached hydrogen (secondary N) is 1. The number of aromatic amines is 1. The van der Waals surface area contributed by atoms with Gasteiger partial charge >= 0.3 is 0 Å². The fourth-order valence-electron chi connectivity index (χ4n) is 2.66. The number of thiophene rings is 1. The summed E-state index contributed by atoms with van der Waals surface area (Å²) in [6, 6.07) is 0. The molecule has 0 radical (unpaired) electrons. The molecule has 2 aromatic rings. The van der Waals surface area contributed by atoms with Gasteiger partial charge in [-0.25, -0.2) is 4.98 Å². The van der Waals surface area contributed by atoms with Crippen LogP contribution in [-0.4, -0.2) is 27.2 Å². The minimum atomic E-state index is -1.53. The number of nitrogens with zero attached hydrogens (tertiary/aromatic N) is 1. The smallest absolute Gasteiger partial charge is 0.260 e. The SMILES string of the molecule is O=C([O-])C[C@H](Sc1nc2sc3c(c2c(=O)[nH]1)CCCC3)C(=O)[O-]. The quantitative estimate of drug-likeness (QED) is 0.552. The first-order valence-corrected chi connectivity index (χ1v) is 8.77. The molecule has 9 heteroatoms. The zero-order valence-electron chi connectivity index (χ0n) is 11.9. The van der Waals surface area contributed by atoms with Gasteiger partial charge in [0.2, 0.25) is 0 Å². The molecule has 0 aromatic carbocycles. The average Bonchev–Trinajstić information content (AvgIpc) is 2.84. The van der Waals surface area contributed by atoms with E-state index in [-0.39, 0.29) is 10.7 Å². The first-order chi connectivity index (χ1) is 11.0. The van der Waals surface area contributed by atoms with Gasteiger partial charge < -0.3 is 24.8 Å². The number of hydrogen-bond acceptors (Lipinski definition) is 8. The van der Waals surface area contributed by atoms with E-state index < -0.39 is 23.6 Å². The highest BCUT2D eigenvalue weighted by molar-refractivity contribution is 8.00. The number of carbonyl (C=O) groups excluding carboxylic acids is 2. The molecule has 7 nitrogen and oxygen atoms in total. The van der Waals surface area contributed by atoms with Crippen LogP contribution in [0, 0.1) is 0 Å². The molecular formula is C14H12N2O5S2-2. The molecule has 3 rings (SSSR count). The Kier molecular flexibility index (Phi) is 4.40. The molecule has 2 heterocycles. The molecule has 122 valence electrons. The van der Waals surface area contributed by atoms with Crippen LogP contribution in [0.5, 0.6) is 0 Å². The monoisotopic (exact) mass is 352 g/mol. The molecule has 0 aliphatic heterocycles. The van der Waals surface area contributed by atoms with E-state index in [1.54, 1.807) is 0 Å². The van der Waals surface area contributed by atoms with Crippen LogP contribution in [0.15, 0.2) is 9.95 Å². The number of carboxylic acids is 2. The van der Waals surface area contributed by atoms with Gasteiger partial charge in [-0.2, -0.15) is 0 Å². The molecule has 1 N–H and O–H groups in total. The lowest BCUT2D eigenvalue weighted by Gasteiger charge is -2.17. The summed E-state index contributed by atoms with van der Waals surface area (Å²) in [6.07, 6.45) is 3.17. The fraction of sp³-hybridized carbons (Fsp3) is 0.429. The van der Waals surface area contributed by atoms with Crippen molar-refractivity contribution in [3.05, 3.63) is 20.8 Å². The Bertz CT molecular complexity index is 842. The Morgan fingerprint density at radius 1 is 1.30 bits per heavy atom. The number of thioether (sulfide) groups is 1. The van der Waals surface area contributed by atoms with Crippen molar-refractivity contribution in [2.45, 2.75) is 42.5 Å². The summed E-state index contributed by atoms with van der Waals surface area (Å²) in [4.78, 5) is 42.5. The van der Waals surface area contributed by atoms with Crippen molar-refractivity contribution in [3.63, 3.8) is 0 Å². The summed E-state index contributed by atoms with van der Waals surface area (Å²) in [5.41, 5.74) is 0.718. The molecular weight excluding hydrogens is 340 g/mol. The second kappa shape index (κ2) is 6.32. The van der Waals surface area contributed by atoms with Gasteiger partial charge in [-0.05, 0) is 31.2 Å². The van der Waals surface area contributed by atoms with Crippen LogP contribution in [0.2, 0.25) is 0 Å². The van der Waals surface area contributed by atoms with E-state index in [4.69, 9.17) is 0 Å². The van der Waals surface area contributed by atoms with Crippen molar-refractivity contribution >= 4 is 45.3 Å². The van der Waals surface area contributed by atoms with Crippen molar-refractivity contribution in [2.75, 3.05) is 0 Å². The summed E-state index contributed by atoms with van der Waals surface area (Å²) in [5.74, 6) is -3.03. The zero-order valence-corrected chi connectivity index (χ0v) is 13.6. The van der Waals surface area contributed by atoms with Gasteiger partial charge in [-0.1, -0.05) is 11.8 Å². The lowest BCUT2D eigenvalue weighted by atomic mass is 9.97. The van der Waals surface area contributed by atoms with Crippen LogP contribution in [0.1, 0.15) is 29.7 Å². The maximum Gasteiger partial charge on any atom is 0.260 e. The minimum Gasteiger partial charge on any atom is -0.550 e. The van der Waals surface area contributed by atoms with Gasteiger partial charge in [0.15, 0.2) is 5.16 Å². The molecule has 0 saturated carbocycles. The third kappa shape index (κ3) is 3.25. The summed E-state index contributed by atoms with van der Waals surface area (Å²) in [6.45, 7) is 0. The Morgan fingerprint density at radius 3 is 2.74 bits per heavy atom. The summed E-state index contributed by atoms with van der Waals surface area (Å²) >= 11 is 2.10. The van der Waals surface area contributed by atoms with Gasteiger partial charge in [-0.3, -0.25) is 4.79 Å². The van der Waals surface area contributed by atoms with E-state index in [0.717, 1.165) is 36.1 Å². The summed E-state index contributed by atoms with van der Waals surface area (Å²) in [5, 5.41) is 20.9. The number of carbonyl (C=O) groups is 2. The molecule has 0 unspecified atom stereocenters. The van der Waals surface area contributed by atoms with Crippen LogP contribution in [0.4, 0.5) is 0 Å². The largest absolute Gasteiger partial charge is 0.550 e. The first kappa shape index (κ1) is 16.0. The number of fused-ring (bicyclic) bond motifs is 3.